The summed E-state index contributed by atoms with van der Waals surface area (Å²) >= 11 is 0. The highest BCUT2D eigenvalue weighted by Crippen LogP contribution is 2.15. The first-order chi connectivity index (χ1) is 15.4. The molecule has 0 fully saturated rings. The van der Waals surface area contributed by atoms with E-state index in [-0.39, 0.29) is 17.2 Å². The van der Waals surface area contributed by atoms with E-state index in [1.807, 2.05) is 0 Å². The monoisotopic (exact) mass is 447 g/mol. The van der Waals surface area contributed by atoms with Gasteiger partial charge in [0.2, 0.25) is 17.7 Å². The van der Waals surface area contributed by atoms with Crippen molar-refractivity contribution < 1.29 is 24.3 Å². The summed E-state index contributed by atoms with van der Waals surface area (Å²) in [4.78, 5) is 46.7. The fraction of sp³-hybridized carbons (Fsp3) is 0.583. The first-order valence-corrected chi connectivity index (χ1v) is 11.6. The number of unbranched alkanes of at least 4 members (excludes halogenated alkanes) is 10. The lowest BCUT2D eigenvalue weighted by molar-refractivity contribution is -0.131. The minimum Gasteiger partial charge on any atom is -0.478 e. The molecule has 1 aromatic rings. The molecule has 0 aromatic heterocycles. The second-order valence-electron chi connectivity index (χ2n) is 7.96. The van der Waals surface area contributed by atoms with Crippen LogP contribution in [0.25, 0.3) is 0 Å². The van der Waals surface area contributed by atoms with E-state index in [0.717, 1.165) is 19.3 Å². The van der Waals surface area contributed by atoms with Gasteiger partial charge in [0.25, 0.3) is 0 Å². The second-order valence-corrected chi connectivity index (χ2v) is 7.96. The molecule has 3 amide bonds. The number of carboxylic acids is 1. The zero-order valence-electron chi connectivity index (χ0n) is 19.1. The number of carboxylic acid groups (broad SMARTS) is 1. The summed E-state index contributed by atoms with van der Waals surface area (Å²) in [7, 11) is 0. The molecule has 0 aliphatic rings. The van der Waals surface area contributed by atoms with Gasteiger partial charge in [-0.1, -0.05) is 83.3 Å². The third-order valence-corrected chi connectivity index (χ3v) is 5.10. The predicted molar refractivity (Wildman–Crippen MR) is 124 cm³/mol. The minimum absolute atomic E-state index is 0.0680. The van der Waals surface area contributed by atoms with Gasteiger partial charge in [-0.3, -0.25) is 25.2 Å². The number of benzene rings is 1. The van der Waals surface area contributed by atoms with E-state index in [1.165, 1.54) is 69.6 Å². The molecule has 0 heterocycles. The standard InChI is InChI=1S/C24H37N3O5/c1-2-3-4-5-6-7-8-9-10-11-12-17-21(28)26-27-23(30)18-22(29)25-20-16-14-13-15-19(20)24(31)32/h13-16H,2-12,17-18H2,1H3,(H,25,29)(H,26,28)(H,27,30)(H,31,32). The van der Waals surface area contributed by atoms with Crippen LogP contribution in [0.2, 0.25) is 0 Å². The van der Waals surface area contributed by atoms with Crippen molar-refractivity contribution in [2.45, 2.75) is 90.4 Å². The lowest BCUT2D eigenvalue weighted by atomic mass is 10.1. The lowest BCUT2D eigenvalue weighted by Gasteiger charge is -2.09. The van der Waals surface area contributed by atoms with Gasteiger partial charge in [-0.25, -0.2) is 4.79 Å². The Balaban J connectivity index is 2.09. The van der Waals surface area contributed by atoms with E-state index in [4.69, 9.17) is 5.11 Å². The fourth-order valence-corrected chi connectivity index (χ4v) is 3.31. The van der Waals surface area contributed by atoms with Crippen molar-refractivity contribution in [2.75, 3.05) is 5.32 Å². The van der Waals surface area contributed by atoms with Gasteiger partial charge in [-0.05, 0) is 18.6 Å². The van der Waals surface area contributed by atoms with Crippen molar-refractivity contribution in [2.24, 2.45) is 0 Å². The largest absolute Gasteiger partial charge is 0.478 e. The van der Waals surface area contributed by atoms with Crippen molar-refractivity contribution in [1.29, 1.82) is 0 Å². The molecule has 0 aliphatic carbocycles. The van der Waals surface area contributed by atoms with E-state index >= 15 is 0 Å². The van der Waals surface area contributed by atoms with Gasteiger partial charge in [-0.15, -0.1) is 0 Å². The van der Waals surface area contributed by atoms with Crippen molar-refractivity contribution in [3.05, 3.63) is 29.8 Å². The number of anilines is 1. The van der Waals surface area contributed by atoms with Crippen LogP contribution in [0.5, 0.6) is 0 Å². The first kappa shape index (κ1) is 27.1. The van der Waals surface area contributed by atoms with Gasteiger partial charge in [0, 0.05) is 6.42 Å². The van der Waals surface area contributed by atoms with Crippen LogP contribution in [-0.4, -0.2) is 28.8 Å². The second kappa shape index (κ2) is 16.8. The smallest absolute Gasteiger partial charge is 0.337 e. The van der Waals surface area contributed by atoms with Gasteiger partial charge in [-0.2, -0.15) is 0 Å². The SMILES string of the molecule is CCCCCCCCCCCCCC(=O)NNC(=O)CC(=O)Nc1ccccc1C(=O)O. The van der Waals surface area contributed by atoms with E-state index in [9.17, 15) is 19.2 Å². The zero-order chi connectivity index (χ0) is 23.6. The van der Waals surface area contributed by atoms with Gasteiger partial charge in [0.15, 0.2) is 0 Å². The summed E-state index contributed by atoms with van der Waals surface area (Å²) in [5.74, 6) is -2.83. The van der Waals surface area contributed by atoms with Gasteiger partial charge in [0.05, 0.1) is 11.3 Å². The maximum Gasteiger partial charge on any atom is 0.337 e. The Morgan fingerprint density at radius 1 is 0.719 bits per heavy atom. The van der Waals surface area contributed by atoms with Crippen LogP contribution < -0.4 is 16.2 Å². The van der Waals surface area contributed by atoms with Crippen molar-refractivity contribution >= 4 is 29.4 Å². The molecule has 8 heteroatoms. The van der Waals surface area contributed by atoms with Gasteiger partial charge in [0.1, 0.15) is 6.42 Å². The topological polar surface area (TPSA) is 125 Å². The van der Waals surface area contributed by atoms with E-state index in [1.54, 1.807) is 6.07 Å². The molecule has 8 nitrogen and oxygen atoms in total. The molecule has 0 saturated heterocycles. The van der Waals surface area contributed by atoms with Crippen LogP contribution in [0, 0.1) is 0 Å². The normalized spacial score (nSPS) is 10.4. The Labute approximate surface area is 190 Å². The molecule has 1 aromatic carbocycles. The number of carbonyl (C=O) groups excluding carboxylic acids is 3. The van der Waals surface area contributed by atoms with Gasteiger partial charge < -0.3 is 10.4 Å². The fourth-order valence-electron chi connectivity index (χ4n) is 3.31. The molecule has 1 rings (SSSR count). The summed E-state index contributed by atoms with van der Waals surface area (Å²) in [5, 5.41) is 11.5. The number of hydrogen-bond acceptors (Lipinski definition) is 4. The highest BCUT2D eigenvalue weighted by Gasteiger charge is 2.14. The number of amides is 3. The van der Waals surface area contributed by atoms with E-state index in [2.05, 4.69) is 23.1 Å². The van der Waals surface area contributed by atoms with E-state index < -0.39 is 24.2 Å². The zero-order valence-corrected chi connectivity index (χ0v) is 19.1. The minimum atomic E-state index is -1.18. The number of hydrogen-bond donors (Lipinski definition) is 4. The molecular formula is C24H37N3O5. The number of para-hydroxylation sites is 1. The third kappa shape index (κ3) is 12.7. The highest BCUT2D eigenvalue weighted by molar-refractivity contribution is 6.06. The lowest BCUT2D eigenvalue weighted by Crippen LogP contribution is -2.42. The Morgan fingerprint density at radius 3 is 1.84 bits per heavy atom. The summed E-state index contributed by atoms with van der Waals surface area (Å²) in [5.41, 5.74) is 4.56. The van der Waals surface area contributed by atoms with Crippen molar-refractivity contribution in [1.82, 2.24) is 10.9 Å². The molecule has 0 unspecified atom stereocenters. The van der Waals surface area contributed by atoms with Crippen LogP contribution in [0.4, 0.5) is 5.69 Å². The molecule has 0 spiro atoms. The number of rotatable bonds is 16. The van der Waals surface area contributed by atoms with Crippen LogP contribution in [0.3, 0.4) is 0 Å². The third-order valence-electron chi connectivity index (χ3n) is 5.10. The first-order valence-electron chi connectivity index (χ1n) is 11.6. The molecule has 0 atom stereocenters. The number of nitrogens with one attached hydrogen (secondary N) is 3. The Kier molecular flexibility index (Phi) is 14.2. The summed E-state index contributed by atoms with van der Waals surface area (Å²) in [6, 6.07) is 5.91. The quantitative estimate of drug-likeness (QED) is 0.168. The average molecular weight is 448 g/mol. The summed E-state index contributed by atoms with van der Waals surface area (Å²) in [6.45, 7) is 2.22. The number of hydrazine groups is 1. The molecule has 4 N–H and O–H groups in total. The average Bonchev–Trinajstić information content (AvgIpc) is 2.76. The Hall–Kier alpha value is -2.90. The molecule has 178 valence electrons. The molecule has 0 saturated carbocycles. The van der Waals surface area contributed by atoms with Crippen LogP contribution in [0.1, 0.15) is 101 Å². The molecular weight excluding hydrogens is 410 g/mol. The van der Waals surface area contributed by atoms with Crippen molar-refractivity contribution in [3.8, 4) is 0 Å². The molecule has 32 heavy (non-hydrogen) atoms. The highest BCUT2D eigenvalue weighted by atomic mass is 16.4. The van der Waals surface area contributed by atoms with Gasteiger partial charge >= 0.3 is 5.97 Å². The Morgan fingerprint density at radius 2 is 1.25 bits per heavy atom. The summed E-state index contributed by atoms with van der Waals surface area (Å²) in [6.07, 6.45) is 12.9. The Bertz CT molecular complexity index is 736. The predicted octanol–water partition coefficient (Wildman–Crippen LogP) is 4.56. The maximum absolute atomic E-state index is 11.9. The summed E-state index contributed by atoms with van der Waals surface area (Å²) < 4.78 is 0. The maximum atomic E-state index is 11.9. The van der Waals surface area contributed by atoms with Crippen LogP contribution in [0.15, 0.2) is 24.3 Å². The molecule has 0 bridgehead atoms. The molecule has 0 aliphatic heterocycles. The molecule has 0 radical (unpaired) electrons. The van der Waals surface area contributed by atoms with Crippen LogP contribution >= 0.6 is 0 Å². The number of aromatic carboxylic acids is 1. The van der Waals surface area contributed by atoms with E-state index in [0.29, 0.717) is 6.42 Å². The number of carbonyl (C=O) groups is 4. The van der Waals surface area contributed by atoms with Crippen molar-refractivity contribution in [3.63, 3.8) is 0 Å². The van der Waals surface area contributed by atoms with Crippen LogP contribution in [-0.2, 0) is 14.4 Å².